The third-order valence-electron chi connectivity index (χ3n) is 6.06. The van der Waals surface area contributed by atoms with Gasteiger partial charge < -0.3 is 0 Å². The molecule has 0 aliphatic carbocycles. The lowest BCUT2D eigenvalue weighted by Gasteiger charge is -2.38. The maximum Gasteiger partial charge on any atom is 0.261 e. The smallest absolute Gasteiger partial charge is 0.261 e. The number of hydrogen-bond donors (Lipinski definition) is 0. The van der Waals surface area contributed by atoms with Crippen molar-refractivity contribution in [1.82, 2.24) is 18.8 Å². The first-order valence-electron chi connectivity index (χ1n) is 10.9. The van der Waals surface area contributed by atoms with Crippen LogP contribution >= 0.6 is 15.9 Å². The molecule has 0 N–H and O–H groups in total. The van der Waals surface area contributed by atoms with Crippen LogP contribution in [0.25, 0.3) is 10.9 Å². The van der Waals surface area contributed by atoms with E-state index < -0.39 is 10.0 Å². The first kappa shape index (κ1) is 23.1. The predicted octanol–water partition coefficient (Wildman–Crippen LogP) is 3.64. The lowest BCUT2D eigenvalue weighted by atomic mass is 10.1. The van der Waals surface area contributed by atoms with Gasteiger partial charge in [-0.25, -0.2) is 13.4 Å². The van der Waals surface area contributed by atoms with Crippen molar-refractivity contribution in [3.05, 3.63) is 69.2 Å². The normalized spacial score (nSPS) is 17.0. The number of nitrogens with zero attached hydrogens (tertiary/aromatic N) is 4. The van der Waals surface area contributed by atoms with E-state index in [0.29, 0.717) is 48.5 Å². The van der Waals surface area contributed by atoms with Crippen LogP contribution in [0, 0.1) is 0 Å². The van der Waals surface area contributed by atoms with Crippen molar-refractivity contribution < 1.29 is 8.42 Å². The topological polar surface area (TPSA) is 75.5 Å². The van der Waals surface area contributed by atoms with Gasteiger partial charge in [0, 0.05) is 37.2 Å². The van der Waals surface area contributed by atoms with Crippen molar-refractivity contribution in [2.45, 2.75) is 37.8 Å². The number of benzene rings is 2. The number of sulfonamides is 1. The quantitative estimate of drug-likeness (QED) is 0.497. The number of aromatic nitrogens is 2. The number of fused-ring (bicyclic) bond motifs is 1. The van der Waals surface area contributed by atoms with Crippen molar-refractivity contribution in [1.29, 1.82) is 0 Å². The molecule has 1 saturated heterocycles. The molecular weight excluding hydrogens is 492 g/mol. The van der Waals surface area contributed by atoms with E-state index in [1.807, 2.05) is 31.2 Å². The highest BCUT2D eigenvalue weighted by atomic mass is 79.9. The fourth-order valence-corrected chi connectivity index (χ4v) is 6.05. The van der Waals surface area contributed by atoms with Crippen molar-refractivity contribution in [3.63, 3.8) is 0 Å². The Labute approximate surface area is 196 Å². The average Bonchev–Trinajstić information content (AvgIpc) is 2.80. The summed E-state index contributed by atoms with van der Waals surface area (Å²) in [5, 5.41) is 0.623. The summed E-state index contributed by atoms with van der Waals surface area (Å²) in [7, 11) is -3.53. The van der Waals surface area contributed by atoms with E-state index in [2.05, 4.69) is 27.8 Å². The monoisotopic (exact) mass is 518 g/mol. The summed E-state index contributed by atoms with van der Waals surface area (Å²) in [5.74, 6) is 0.753. The predicted molar refractivity (Wildman–Crippen MR) is 129 cm³/mol. The van der Waals surface area contributed by atoms with Crippen LogP contribution in [0.5, 0.6) is 0 Å². The first-order valence-corrected chi connectivity index (χ1v) is 13.1. The molecule has 0 bridgehead atoms. The Morgan fingerprint density at radius 3 is 2.28 bits per heavy atom. The average molecular weight is 519 g/mol. The molecule has 9 heteroatoms. The van der Waals surface area contributed by atoms with Gasteiger partial charge in [-0.1, -0.05) is 35.0 Å². The Hall–Kier alpha value is -2.07. The van der Waals surface area contributed by atoms with Gasteiger partial charge in [-0.2, -0.15) is 4.31 Å². The summed E-state index contributed by atoms with van der Waals surface area (Å²) in [6.07, 6.45) is 0.782. The van der Waals surface area contributed by atoms with Crippen LogP contribution in [-0.4, -0.2) is 53.4 Å². The molecule has 1 unspecified atom stereocenters. The second kappa shape index (κ2) is 9.43. The van der Waals surface area contributed by atoms with E-state index in [4.69, 9.17) is 4.98 Å². The van der Waals surface area contributed by atoms with Gasteiger partial charge in [0.15, 0.2) is 0 Å². The van der Waals surface area contributed by atoms with Crippen LogP contribution in [0.3, 0.4) is 0 Å². The molecule has 1 aliphatic rings. The highest BCUT2D eigenvalue weighted by Crippen LogP contribution is 2.27. The van der Waals surface area contributed by atoms with Crippen LogP contribution in [-0.2, 0) is 16.6 Å². The Kier molecular flexibility index (Phi) is 6.80. The van der Waals surface area contributed by atoms with E-state index >= 15 is 0 Å². The van der Waals surface area contributed by atoms with Crippen molar-refractivity contribution in [3.8, 4) is 0 Å². The van der Waals surface area contributed by atoms with E-state index in [1.165, 1.54) is 0 Å². The molecule has 170 valence electrons. The van der Waals surface area contributed by atoms with Crippen LogP contribution in [0.15, 0.2) is 62.7 Å². The molecule has 4 rings (SSSR count). The summed E-state index contributed by atoms with van der Waals surface area (Å²) in [6, 6.07) is 14.1. The molecule has 2 heterocycles. The Morgan fingerprint density at radius 1 is 1.00 bits per heavy atom. The van der Waals surface area contributed by atoms with Gasteiger partial charge in [0.05, 0.1) is 21.8 Å². The van der Waals surface area contributed by atoms with E-state index in [-0.39, 0.29) is 11.6 Å². The van der Waals surface area contributed by atoms with Crippen LogP contribution in [0.4, 0.5) is 0 Å². The molecule has 0 amide bonds. The molecule has 1 fully saturated rings. The molecule has 1 aliphatic heterocycles. The van der Waals surface area contributed by atoms with Crippen molar-refractivity contribution in [2.24, 2.45) is 0 Å². The Bertz CT molecular complexity index is 1270. The number of rotatable bonds is 6. The first-order chi connectivity index (χ1) is 15.4. The van der Waals surface area contributed by atoms with Gasteiger partial charge in [-0.05, 0) is 49.7 Å². The zero-order chi connectivity index (χ0) is 22.9. The second-order valence-corrected chi connectivity index (χ2v) is 10.7. The molecule has 1 atom stereocenters. The molecule has 1 aromatic heterocycles. The minimum absolute atomic E-state index is 0.0250. The molecular formula is C23H27BrN4O3S. The molecule has 0 spiro atoms. The minimum atomic E-state index is -3.53. The Morgan fingerprint density at radius 2 is 1.66 bits per heavy atom. The third-order valence-corrected chi connectivity index (χ3v) is 8.50. The molecule has 2 aromatic carbocycles. The standard InChI is InChI=1S/C23H27BrN4O3S/c1-3-21(22-25-20-8-6-5-7-19(20)23(29)28(22)4-2)26-13-15-27(16-14-26)32(30,31)18-11-9-17(24)10-12-18/h5-12,21H,3-4,13-16H2,1-2H3. The third kappa shape index (κ3) is 4.26. The Balaban J connectivity index is 1.59. The molecule has 0 saturated carbocycles. The summed E-state index contributed by atoms with van der Waals surface area (Å²) in [4.78, 5) is 20.5. The fraction of sp³-hybridized carbons (Fsp3) is 0.391. The van der Waals surface area contributed by atoms with E-state index in [0.717, 1.165) is 16.7 Å². The lowest BCUT2D eigenvalue weighted by molar-refractivity contribution is 0.125. The summed E-state index contributed by atoms with van der Waals surface area (Å²) < 4.78 is 30.2. The lowest BCUT2D eigenvalue weighted by Crippen LogP contribution is -2.50. The van der Waals surface area contributed by atoms with E-state index in [9.17, 15) is 13.2 Å². The molecule has 32 heavy (non-hydrogen) atoms. The fourth-order valence-electron chi connectivity index (χ4n) is 4.36. The van der Waals surface area contributed by atoms with Crippen molar-refractivity contribution >= 4 is 36.9 Å². The zero-order valence-electron chi connectivity index (χ0n) is 18.2. The highest BCUT2D eigenvalue weighted by Gasteiger charge is 2.32. The summed E-state index contributed by atoms with van der Waals surface area (Å²) in [6.45, 7) is 6.55. The van der Waals surface area contributed by atoms with Gasteiger partial charge in [-0.15, -0.1) is 0 Å². The second-order valence-electron chi connectivity index (χ2n) is 7.85. The van der Waals surface area contributed by atoms with Crippen molar-refractivity contribution in [2.75, 3.05) is 26.2 Å². The van der Waals surface area contributed by atoms with Gasteiger partial charge in [0.1, 0.15) is 5.82 Å². The van der Waals surface area contributed by atoms with E-state index in [1.54, 1.807) is 33.1 Å². The van der Waals surface area contributed by atoms with Crippen LogP contribution < -0.4 is 5.56 Å². The highest BCUT2D eigenvalue weighted by molar-refractivity contribution is 9.10. The number of piperazine rings is 1. The zero-order valence-corrected chi connectivity index (χ0v) is 20.6. The molecule has 7 nitrogen and oxygen atoms in total. The maximum atomic E-state index is 13.1. The molecule has 0 radical (unpaired) electrons. The largest absolute Gasteiger partial charge is 0.295 e. The van der Waals surface area contributed by atoms with Crippen LogP contribution in [0.2, 0.25) is 0 Å². The van der Waals surface area contributed by atoms with Crippen LogP contribution in [0.1, 0.15) is 32.1 Å². The number of hydrogen-bond acceptors (Lipinski definition) is 5. The summed E-state index contributed by atoms with van der Waals surface area (Å²) >= 11 is 3.35. The number of halogens is 1. The summed E-state index contributed by atoms with van der Waals surface area (Å²) in [5.41, 5.74) is 0.676. The molecule has 3 aromatic rings. The van der Waals surface area contributed by atoms with Gasteiger partial charge in [-0.3, -0.25) is 14.3 Å². The minimum Gasteiger partial charge on any atom is -0.295 e. The van der Waals surface area contributed by atoms with Gasteiger partial charge in [0.25, 0.3) is 5.56 Å². The van der Waals surface area contributed by atoms with Gasteiger partial charge in [0.2, 0.25) is 10.0 Å². The number of para-hydroxylation sites is 1. The van der Waals surface area contributed by atoms with Gasteiger partial charge >= 0.3 is 0 Å². The SMILES string of the molecule is CCC(c1nc2ccccc2c(=O)n1CC)N1CCN(S(=O)(=O)c2ccc(Br)cc2)CC1. The maximum absolute atomic E-state index is 13.1.